The van der Waals surface area contributed by atoms with E-state index in [1.165, 1.54) is 4.31 Å². The van der Waals surface area contributed by atoms with Gasteiger partial charge in [0.05, 0.1) is 12.8 Å². The van der Waals surface area contributed by atoms with Crippen LogP contribution in [0.25, 0.3) is 0 Å². The van der Waals surface area contributed by atoms with Gasteiger partial charge in [-0.3, -0.25) is 4.79 Å². The standard InChI is InChI=1S/C19H24N2O3S/c1-14-9-10-18(16(3)11-14)20-19(22)13-21(25(4,23)24)12-17-8-6-5-7-15(17)2/h5-11H,12-13H2,1-4H3,(H,20,22). The van der Waals surface area contributed by atoms with Crippen LogP contribution in [-0.2, 0) is 21.4 Å². The highest BCUT2D eigenvalue weighted by Crippen LogP contribution is 2.17. The second kappa shape index (κ2) is 7.80. The molecule has 6 heteroatoms. The van der Waals surface area contributed by atoms with Crippen LogP contribution in [0.15, 0.2) is 42.5 Å². The molecule has 0 aliphatic heterocycles. The van der Waals surface area contributed by atoms with Gasteiger partial charge in [0, 0.05) is 12.2 Å². The molecule has 0 saturated heterocycles. The van der Waals surface area contributed by atoms with Crippen molar-refractivity contribution >= 4 is 21.6 Å². The third kappa shape index (κ3) is 5.41. The number of nitrogens with one attached hydrogen (secondary N) is 1. The summed E-state index contributed by atoms with van der Waals surface area (Å²) in [5, 5.41) is 2.80. The molecule has 0 spiro atoms. The molecule has 0 unspecified atom stereocenters. The minimum atomic E-state index is -3.51. The molecule has 0 radical (unpaired) electrons. The van der Waals surface area contributed by atoms with Crippen molar-refractivity contribution in [3.8, 4) is 0 Å². The molecule has 1 N–H and O–H groups in total. The lowest BCUT2D eigenvalue weighted by molar-refractivity contribution is -0.116. The third-order valence-corrected chi connectivity index (χ3v) is 5.25. The van der Waals surface area contributed by atoms with Gasteiger partial charge in [0.25, 0.3) is 0 Å². The van der Waals surface area contributed by atoms with Crippen LogP contribution in [0.5, 0.6) is 0 Å². The first-order chi connectivity index (χ1) is 11.7. The molecule has 5 nitrogen and oxygen atoms in total. The van der Waals surface area contributed by atoms with Crippen molar-refractivity contribution in [1.29, 1.82) is 0 Å². The second-order valence-corrected chi connectivity index (χ2v) is 8.31. The molecule has 0 aromatic heterocycles. The van der Waals surface area contributed by atoms with Crippen molar-refractivity contribution < 1.29 is 13.2 Å². The fourth-order valence-corrected chi connectivity index (χ4v) is 3.30. The summed E-state index contributed by atoms with van der Waals surface area (Å²) in [4.78, 5) is 12.4. The number of sulfonamides is 1. The first-order valence-corrected chi connectivity index (χ1v) is 9.88. The van der Waals surface area contributed by atoms with E-state index in [-0.39, 0.29) is 19.0 Å². The Balaban J connectivity index is 2.14. The van der Waals surface area contributed by atoms with Crippen molar-refractivity contribution in [1.82, 2.24) is 4.31 Å². The van der Waals surface area contributed by atoms with E-state index in [9.17, 15) is 13.2 Å². The smallest absolute Gasteiger partial charge is 0.239 e. The molecule has 0 fully saturated rings. The molecule has 0 heterocycles. The second-order valence-electron chi connectivity index (χ2n) is 6.32. The van der Waals surface area contributed by atoms with Crippen molar-refractivity contribution in [2.45, 2.75) is 27.3 Å². The van der Waals surface area contributed by atoms with Crippen LogP contribution in [0.2, 0.25) is 0 Å². The summed E-state index contributed by atoms with van der Waals surface area (Å²) in [5.74, 6) is -0.356. The van der Waals surface area contributed by atoms with E-state index in [2.05, 4.69) is 5.32 Å². The molecular formula is C19H24N2O3S. The summed E-state index contributed by atoms with van der Waals surface area (Å²) in [7, 11) is -3.51. The van der Waals surface area contributed by atoms with Gasteiger partial charge in [0.15, 0.2) is 0 Å². The van der Waals surface area contributed by atoms with Crippen LogP contribution >= 0.6 is 0 Å². The molecule has 0 bridgehead atoms. The molecule has 25 heavy (non-hydrogen) atoms. The Bertz CT molecular complexity index is 876. The largest absolute Gasteiger partial charge is 0.325 e. The summed E-state index contributed by atoms with van der Waals surface area (Å²) in [6.07, 6.45) is 1.12. The number of anilines is 1. The van der Waals surface area contributed by atoms with Crippen LogP contribution in [0.1, 0.15) is 22.3 Å². The van der Waals surface area contributed by atoms with Gasteiger partial charge in [-0.25, -0.2) is 8.42 Å². The monoisotopic (exact) mass is 360 g/mol. The summed E-state index contributed by atoms with van der Waals surface area (Å²) in [6, 6.07) is 13.3. The molecule has 0 aliphatic rings. The predicted octanol–water partition coefficient (Wildman–Crippen LogP) is 3.01. The van der Waals surface area contributed by atoms with E-state index in [0.29, 0.717) is 5.69 Å². The Morgan fingerprint density at radius 2 is 1.72 bits per heavy atom. The fourth-order valence-electron chi connectivity index (χ4n) is 2.57. The van der Waals surface area contributed by atoms with Gasteiger partial charge in [0.2, 0.25) is 15.9 Å². The zero-order chi connectivity index (χ0) is 18.6. The number of aryl methyl sites for hydroxylation is 3. The first kappa shape index (κ1) is 19.1. The Morgan fingerprint density at radius 1 is 1.04 bits per heavy atom. The molecule has 2 aromatic carbocycles. The zero-order valence-electron chi connectivity index (χ0n) is 15.0. The van der Waals surface area contributed by atoms with E-state index in [1.807, 2.05) is 63.2 Å². The van der Waals surface area contributed by atoms with Gasteiger partial charge < -0.3 is 5.32 Å². The molecule has 0 aliphatic carbocycles. The van der Waals surface area contributed by atoms with Crippen LogP contribution < -0.4 is 5.32 Å². The quantitative estimate of drug-likeness (QED) is 0.861. The van der Waals surface area contributed by atoms with Crippen molar-refractivity contribution in [3.05, 3.63) is 64.7 Å². The maximum Gasteiger partial charge on any atom is 0.239 e. The zero-order valence-corrected chi connectivity index (χ0v) is 15.9. The average molecular weight is 360 g/mol. The lowest BCUT2D eigenvalue weighted by Crippen LogP contribution is -2.37. The minimum Gasteiger partial charge on any atom is -0.325 e. The summed E-state index contributed by atoms with van der Waals surface area (Å²) in [5.41, 5.74) is 4.61. The average Bonchev–Trinajstić information content (AvgIpc) is 2.50. The molecular weight excluding hydrogens is 336 g/mol. The minimum absolute atomic E-state index is 0.172. The van der Waals surface area contributed by atoms with Crippen molar-refractivity contribution in [3.63, 3.8) is 0 Å². The lowest BCUT2D eigenvalue weighted by Gasteiger charge is -2.21. The van der Waals surface area contributed by atoms with Crippen LogP contribution in [0.3, 0.4) is 0 Å². The van der Waals surface area contributed by atoms with E-state index >= 15 is 0 Å². The van der Waals surface area contributed by atoms with Gasteiger partial charge in [-0.1, -0.05) is 42.0 Å². The normalized spacial score (nSPS) is 11.6. The van der Waals surface area contributed by atoms with E-state index in [0.717, 1.165) is 28.5 Å². The maximum absolute atomic E-state index is 12.4. The molecule has 2 aromatic rings. The van der Waals surface area contributed by atoms with Crippen LogP contribution in [-0.4, -0.2) is 31.4 Å². The van der Waals surface area contributed by atoms with Gasteiger partial charge in [0.1, 0.15) is 0 Å². The molecule has 0 saturated carbocycles. The Kier molecular flexibility index (Phi) is 5.98. The number of benzene rings is 2. The van der Waals surface area contributed by atoms with Crippen LogP contribution in [0.4, 0.5) is 5.69 Å². The van der Waals surface area contributed by atoms with Gasteiger partial charge in [-0.05, 0) is 43.5 Å². The van der Waals surface area contributed by atoms with E-state index in [1.54, 1.807) is 0 Å². The lowest BCUT2D eigenvalue weighted by atomic mass is 10.1. The fraction of sp³-hybridized carbons (Fsp3) is 0.316. The molecule has 1 amide bonds. The van der Waals surface area contributed by atoms with Crippen molar-refractivity contribution in [2.24, 2.45) is 0 Å². The number of nitrogens with zero attached hydrogens (tertiary/aromatic N) is 1. The number of amides is 1. The number of carbonyl (C=O) groups is 1. The SMILES string of the molecule is Cc1ccc(NC(=O)CN(Cc2ccccc2C)S(C)(=O)=O)c(C)c1. The topological polar surface area (TPSA) is 66.5 Å². The van der Waals surface area contributed by atoms with Crippen molar-refractivity contribution in [2.75, 3.05) is 18.1 Å². The summed E-state index contributed by atoms with van der Waals surface area (Å²) < 4.78 is 25.4. The molecule has 2 rings (SSSR count). The van der Waals surface area contributed by atoms with Gasteiger partial charge in [-0.15, -0.1) is 0 Å². The maximum atomic E-state index is 12.4. The summed E-state index contributed by atoms with van der Waals surface area (Å²) >= 11 is 0. The highest BCUT2D eigenvalue weighted by molar-refractivity contribution is 7.88. The number of hydrogen-bond acceptors (Lipinski definition) is 3. The molecule has 0 atom stereocenters. The number of rotatable bonds is 6. The number of carbonyl (C=O) groups excluding carboxylic acids is 1. The Labute approximate surface area is 149 Å². The van der Waals surface area contributed by atoms with E-state index in [4.69, 9.17) is 0 Å². The van der Waals surface area contributed by atoms with Gasteiger partial charge in [-0.2, -0.15) is 4.31 Å². The van der Waals surface area contributed by atoms with Crippen LogP contribution in [0, 0.1) is 20.8 Å². The highest BCUT2D eigenvalue weighted by Gasteiger charge is 2.21. The Morgan fingerprint density at radius 3 is 2.32 bits per heavy atom. The predicted molar refractivity (Wildman–Crippen MR) is 101 cm³/mol. The Hall–Kier alpha value is -2.18. The first-order valence-electron chi connectivity index (χ1n) is 8.03. The summed E-state index contributed by atoms with van der Waals surface area (Å²) in [6.45, 7) is 5.76. The van der Waals surface area contributed by atoms with Gasteiger partial charge >= 0.3 is 0 Å². The number of hydrogen-bond donors (Lipinski definition) is 1. The highest BCUT2D eigenvalue weighted by atomic mass is 32.2. The van der Waals surface area contributed by atoms with E-state index < -0.39 is 10.0 Å². The third-order valence-electron chi connectivity index (χ3n) is 4.05. The molecule has 134 valence electrons.